The molecule has 3 rings (SSSR count). The van der Waals surface area contributed by atoms with Crippen molar-refractivity contribution in [3.63, 3.8) is 0 Å². The summed E-state index contributed by atoms with van der Waals surface area (Å²) in [6, 6.07) is 2.29. The molecule has 1 atom stereocenters. The molecule has 2 heterocycles. The molecule has 1 aromatic rings. The number of halogens is 1. The van der Waals surface area contributed by atoms with E-state index in [1.54, 1.807) is 4.72 Å². The van der Waals surface area contributed by atoms with Gasteiger partial charge in [-0.05, 0) is 30.5 Å². The molecule has 0 aromatic heterocycles. The number of carbonyl (C=O) groups excluding carboxylic acids is 2. The summed E-state index contributed by atoms with van der Waals surface area (Å²) >= 11 is 0. The van der Waals surface area contributed by atoms with Crippen molar-refractivity contribution in [2.24, 2.45) is 0 Å². The monoisotopic (exact) mass is 372 g/mol. The molecule has 11 heteroatoms. The van der Waals surface area contributed by atoms with Crippen LogP contribution in [-0.2, 0) is 26.3 Å². The van der Waals surface area contributed by atoms with Crippen molar-refractivity contribution in [1.82, 2.24) is 15.4 Å². The number of nitrogens with zero attached hydrogens (tertiary/aromatic N) is 1. The van der Waals surface area contributed by atoms with Crippen LogP contribution in [0.3, 0.4) is 0 Å². The van der Waals surface area contributed by atoms with Gasteiger partial charge in [0, 0.05) is 13.0 Å². The summed E-state index contributed by atoms with van der Waals surface area (Å²) in [5, 5.41) is 15.8. The lowest BCUT2D eigenvalue weighted by Gasteiger charge is -2.24. The zero-order valence-electron chi connectivity index (χ0n) is 13.1. The van der Waals surface area contributed by atoms with Crippen LogP contribution in [0.2, 0.25) is 0 Å². The number of benzene rings is 1. The number of rotatable bonds is 4. The molecule has 9 nitrogen and oxygen atoms in total. The molecule has 0 spiro atoms. The first-order valence-corrected chi connectivity index (χ1v) is 9.08. The standard InChI is InChI=1S/C14H17FN4O5S/c15-9-4-8(6-16-11-2-1-3-12(21)17-11)5-10(20)14(9)19-7-13(22)18-25(19,23)24/h4-5,11,16,20H,1-3,6-7H2,(H,17,21)(H,18,22). The van der Waals surface area contributed by atoms with Crippen molar-refractivity contribution in [2.45, 2.75) is 32.0 Å². The van der Waals surface area contributed by atoms with E-state index in [1.165, 1.54) is 6.07 Å². The van der Waals surface area contributed by atoms with Gasteiger partial charge in [0.2, 0.25) is 5.91 Å². The molecule has 1 aromatic carbocycles. The van der Waals surface area contributed by atoms with Gasteiger partial charge in [-0.1, -0.05) is 0 Å². The molecule has 1 unspecified atom stereocenters. The van der Waals surface area contributed by atoms with Crippen LogP contribution in [0, 0.1) is 5.82 Å². The summed E-state index contributed by atoms with van der Waals surface area (Å²) in [5.74, 6) is -2.43. The van der Waals surface area contributed by atoms with Crippen LogP contribution in [0.25, 0.3) is 0 Å². The summed E-state index contributed by atoms with van der Waals surface area (Å²) in [6.45, 7) is -0.432. The zero-order chi connectivity index (χ0) is 18.2. The fraction of sp³-hybridized carbons (Fsp3) is 0.429. The van der Waals surface area contributed by atoms with Gasteiger partial charge < -0.3 is 10.4 Å². The van der Waals surface area contributed by atoms with E-state index >= 15 is 0 Å². The number of piperidine rings is 1. The maximum atomic E-state index is 14.4. The Labute approximate surface area is 143 Å². The predicted octanol–water partition coefficient (Wildman–Crippen LogP) is -0.572. The topological polar surface area (TPSA) is 128 Å². The van der Waals surface area contributed by atoms with Gasteiger partial charge in [-0.25, -0.2) is 13.4 Å². The molecule has 0 saturated carbocycles. The van der Waals surface area contributed by atoms with E-state index in [0.29, 0.717) is 16.3 Å². The number of phenolic OH excluding ortho intramolecular Hbond substituents is 1. The van der Waals surface area contributed by atoms with Gasteiger partial charge in [0.25, 0.3) is 5.91 Å². The van der Waals surface area contributed by atoms with E-state index in [0.717, 1.165) is 18.9 Å². The summed E-state index contributed by atoms with van der Waals surface area (Å²) in [7, 11) is -4.21. The predicted molar refractivity (Wildman–Crippen MR) is 85.1 cm³/mol. The van der Waals surface area contributed by atoms with Gasteiger partial charge in [0.15, 0.2) is 5.82 Å². The van der Waals surface area contributed by atoms with Crippen LogP contribution in [0.4, 0.5) is 10.1 Å². The average Bonchev–Trinajstić information content (AvgIpc) is 2.77. The lowest BCUT2D eigenvalue weighted by molar-refractivity contribution is -0.123. The van der Waals surface area contributed by atoms with E-state index in [2.05, 4.69) is 10.6 Å². The minimum atomic E-state index is -4.21. The maximum Gasteiger partial charge on any atom is 0.326 e. The molecular weight excluding hydrogens is 355 g/mol. The molecule has 2 aliphatic rings. The summed E-state index contributed by atoms with van der Waals surface area (Å²) in [5.41, 5.74) is -0.206. The Balaban J connectivity index is 1.76. The van der Waals surface area contributed by atoms with Crippen LogP contribution in [-0.4, -0.2) is 38.0 Å². The second kappa shape index (κ2) is 6.48. The highest BCUT2D eigenvalue weighted by atomic mass is 32.2. The van der Waals surface area contributed by atoms with Gasteiger partial charge in [0.05, 0.1) is 6.17 Å². The van der Waals surface area contributed by atoms with Gasteiger partial charge in [-0.2, -0.15) is 8.42 Å². The van der Waals surface area contributed by atoms with Gasteiger partial charge >= 0.3 is 10.2 Å². The number of phenols is 1. The number of amides is 2. The smallest absolute Gasteiger partial charge is 0.326 e. The van der Waals surface area contributed by atoms with Crippen LogP contribution in [0.1, 0.15) is 24.8 Å². The number of aromatic hydroxyl groups is 1. The maximum absolute atomic E-state index is 14.4. The molecule has 136 valence electrons. The van der Waals surface area contributed by atoms with Crippen LogP contribution in [0.5, 0.6) is 5.75 Å². The SMILES string of the molecule is O=C1CCCC(NCc2cc(O)c(N3CC(=O)NS3(=O)=O)c(F)c2)N1. The zero-order valence-corrected chi connectivity index (χ0v) is 13.9. The van der Waals surface area contributed by atoms with E-state index in [-0.39, 0.29) is 18.6 Å². The van der Waals surface area contributed by atoms with Crippen molar-refractivity contribution in [2.75, 3.05) is 10.8 Å². The normalized spacial score (nSPS) is 22.6. The van der Waals surface area contributed by atoms with Crippen LogP contribution < -0.4 is 19.7 Å². The number of carbonyl (C=O) groups is 2. The molecule has 2 saturated heterocycles. The second-order valence-corrected chi connectivity index (χ2v) is 7.47. The largest absolute Gasteiger partial charge is 0.506 e. The molecule has 4 N–H and O–H groups in total. The van der Waals surface area contributed by atoms with Crippen molar-refractivity contribution in [3.8, 4) is 5.75 Å². The summed E-state index contributed by atoms with van der Waals surface area (Å²) in [6.07, 6.45) is 1.71. The Morgan fingerprint density at radius 2 is 2.08 bits per heavy atom. The molecule has 2 aliphatic heterocycles. The Morgan fingerprint density at radius 3 is 2.68 bits per heavy atom. The highest BCUT2D eigenvalue weighted by Gasteiger charge is 2.37. The highest BCUT2D eigenvalue weighted by Crippen LogP contribution is 2.34. The Bertz CT molecular complexity index is 806. The number of anilines is 1. The molecule has 2 amide bonds. The van der Waals surface area contributed by atoms with E-state index in [9.17, 15) is 27.5 Å². The number of hydrogen-bond donors (Lipinski definition) is 4. The van der Waals surface area contributed by atoms with Gasteiger partial charge in [0.1, 0.15) is 18.0 Å². The second-order valence-electron chi connectivity index (χ2n) is 5.88. The summed E-state index contributed by atoms with van der Waals surface area (Å²) in [4.78, 5) is 22.6. The minimum absolute atomic E-state index is 0.0652. The fourth-order valence-corrected chi connectivity index (χ4v) is 4.00. The molecule has 25 heavy (non-hydrogen) atoms. The third-order valence-electron chi connectivity index (χ3n) is 3.96. The molecular formula is C14H17FN4O5S. The van der Waals surface area contributed by atoms with Crippen molar-refractivity contribution >= 4 is 27.7 Å². The Morgan fingerprint density at radius 1 is 1.32 bits per heavy atom. The quantitative estimate of drug-likeness (QED) is 0.560. The van der Waals surface area contributed by atoms with Crippen LogP contribution >= 0.6 is 0 Å². The molecule has 0 aliphatic carbocycles. The van der Waals surface area contributed by atoms with E-state index in [1.807, 2.05) is 0 Å². The van der Waals surface area contributed by atoms with Gasteiger partial charge in [-0.15, -0.1) is 0 Å². The van der Waals surface area contributed by atoms with Crippen molar-refractivity contribution < 1.29 is 27.5 Å². The molecule has 0 bridgehead atoms. The van der Waals surface area contributed by atoms with E-state index < -0.39 is 39.9 Å². The first kappa shape index (κ1) is 17.4. The third-order valence-corrected chi connectivity index (χ3v) is 5.33. The first-order valence-electron chi connectivity index (χ1n) is 7.64. The number of hydrogen-bond acceptors (Lipinski definition) is 6. The van der Waals surface area contributed by atoms with Crippen molar-refractivity contribution in [3.05, 3.63) is 23.5 Å². The lowest BCUT2D eigenvalue weighted by atomic mass is 10.1. The fourth-order valence-electron chi connectivity index (χ4n) is 2.83. The Kier molecular flexibility index (Phi) is 4.52. The third kappa shape index (κ3) is 3.66. The lowest BCUT2D eigenvalue weighted by Crippen LogP contribution is -2.47. The van der Waals surface area contributed by atoms with Crippen LogP contribution in [0.15, 0.2) is 12.1 Å². The average molecular weight is 372 g/mol. The molecule has 2 fully saturated rings. The molecule has 0 radical (unpaired) electrons. The minimum Gasteiger partial charge on any atom is -0.506 e. The Hall–Kier alpha value is -2.40. The first-order chi connectivity index (χ1) is 11.8. The number of nitrogens with one attached hydrogen (secondary N) is 3. The van der Waals surface area contributed by atoms with E-state index in [4.69, 9.17) is 0 Å². The summed E-state index contributed by atoms with van der Waals surface area (Å²) < 4.78 is 40.1. The van der Waals surface area contributed by atoms with Crippen molar-refractivity contribution in [1.29, 1.82) is 0 Å². The highest BCUT2D eigenvalue weighted by molar-refractivity contribution is 7.92. The van der Waals surface area contributed by atoms with Gasteiger partial charge in [-0.3, -0.25) is 14.9 Å².